The SMILES string of the molecule is CC(C)NC(=O)CSc1ccc(/C(N)=N/O)nc1. The monoisotopic (exact) mass is 268 g/mol. The van der Waals surface area contributed by atoms with Gasteiger partial charge in [0.1, 0.15) is 5.69 Å². The van der Waals surface area contributed by atoms with Crippen LogP contribution < -0.4 is 11.1 Å². The first kappa shape index (κ1) is 14.3. The largest absolute Gasteiger partial charge is 0.409 e. The smallest absolute Gasteiger partial charge is 0.230 e. The second kappa shape index (κ2) is 6.85. The lowest BCUT2D eigenvalue weighted by Gasteiger charge is -2.07. The Morgan fingerprint density at radius 3 is 2.83 bits per heavy atom. The first-order chi connectivity index (χ1) is 8.52. The van der Waals surface area contributed by atoms with Crippen molar-refractivity contribution in [2.45, 2.75) is 24.8 Å². The number of carbonyl (C=O) groups excluding carboxylic acids is 1. The van der Waals surface area contributed by atoms with Gasteiger partial charge < -0.3 is 16.3 Å². The minimum absolute atomic E-state index is 0.0180. The Labute approximate surface area is 110 Å². The zero-order chi connectivity index (χ0) is 13.5. The molecule has 1 heterocycles. The third kappa shape index (κ3) is 4.62. The summed E-state index contributed by atoms with van der Waals surface area (Å²) in [7, 11) is 0. The van der Waals surface area contributed by atoms with E-state index in [1.807, 2.05) is 13.8 Å². The normalized spacial score (nSPS) is 11.6. The molecule has 0 atom stereocenters. The van der Waals surface area contributed by atoms with E-state index in [1.54, 1.807) is 18.3 Å². The molecule has 0 aliphatic heterocycles. The van der Waals surface area contributed by atoms with E-state index in [9.17, 15) is 4.79 Å². The first-order valence-electron chi connectivity index (χ1n) is 5.39. The summed E-state index contributed by atoms with van der Waals surface area (Å²) in [6.45, 7) is 3.83. The van der Waals surface area contributed by atoms with Crippen LogP contribution in [0.1, 0.15) is 19.5 Å². The number of nitrogens with one attached hydrogen (secondary N) is 1. The van der Waals surface area contributed by atoms with Gasteiger partial charge in [-0.15, -0.1) is 11.8 Å². The van der Waals surface area contributed by atoms with Gasteiger partial charge in [0.15, 0.2) is 5.84 Å². The van der Waals surface area contributed by atoms with Gasteiger partial charge in [-0.1, -0.05) is 5.16 Å². The van der Waals surface area contributed by atoms with Crippen molar-refractivity contribution in [1.29, 1.82) is 0 Å². The molecule has 1 amide bonds. The van der Waals surface area contributed by atoms with Gasteiger partial charge in [-0.25, -0.2) is 0 Å². The fraction of sp³-hybridized carbons (Fsp3) is 0.364. The second-order valence-corrected chi connectivity index (χ2v) is 4.92. The maximum atomic E-state index is 11.4. The van der Waals surface area contributed by atoms with Crippen LogP contribution in [0, 0.1) is 0 Å². The molecule has 0 saturated carbocycles. The fourth-order valence-corrected chi connectivity index (χ4v) is 1.85. The van der Waals surface area contributed by atoms with Crippen molar-refractivity contribution in [3.05, 3.63) is 24.0 Å². The average Bonchev–Trinajstić information content (AvgIpc) is 2.35. The Kier molecular flexibility index (Phi) is 5.44. The van der Waals surface area contributed by atoms with Crippen molar-refractivity contribution < 1.29 is 10.0 Å². The number of hydrogen-bond donors (Lipinski definition) is 3. The lowest BCUT2D eigenvalue weighted by atomic mass is 10.3. The van der Waals surface area contributed by atoms with Crippen LogP contribution >= 0.6 is 11.8 Å². The van der Waals surface area contributed by atoms with E-state index in [1.165, 1.54) is 11.8 Å². The van der Waals surface area contributed by atoms with E-state index in [0.29, 0.717) is 11.4 Å². The van der Waals surface area contributed by atoms with Crippen LogP contribution in [-0.2, 0) is 4.79 Å². The fourth-order valence-electron chi connectivity index (χ4n) is 1.18. The molecule has 0 fully saturated rings. The van der Waals surface area contributed by atoms with E-state index in [0.717, 1.165) is 4.90 Å². The standard InChI is InChI=1S/C11H16N4O2S/c1-7(2)14-10(16)6-18-8-3-4-9(13-5-8)11(12)15-17/h3-5,7,17H,6H2,1-2H3,(H2,12,15)(H,14,16). The van der Waals surface area contributed by atoms with Gasteiger partial charge in [-0.3, -0.25) is 9.78 Å². The topological polar surface area (TPSA) is 101 Å². The zero-order valence-electron chi connectivity index (χ0n) is 10.3. The molecule has 0 aliphatic rings. The van der Waals surface area contributed by atoms with Crippen molar-refractivity contribution in [2.75, 3.05) is 5.75 Å². The summed E-state index contributed by atoms with van der Waals surface area (Å²) in [4.78, 5) is 16.3. The summed E-state index contributed by atoms with van der Waals surface area (Å²) in [6.07, 6.45) is 1.58. The number of nitrogens with zero attached hydrogens (tertiary/aromatic N) is 2. The third-order valence-corrected chi connectivity index (χ3v) is 2.91. The average molecular weight is 268 g/mol. The Balaban J connectivity index is 2.52. The predicted octanol–water partition coefficient (Wildman–Crippen LogP) is 0.793. The van der Waals surface area contributed by atoms with Crippen molar-refractivity contribution in [1.82, 2.24) is 10.3 Å². The molecule has 1 aromatic rings. The number of amides is 1. The Morgan fingerprint density at radius 2 is 2.33 bits per heavy atom. The molecule has 1 aromatic heterocycles. The van der Waals surface area contributed by atoms with Crippen molar-refractivity contribution in [3.8, 4) is 0 Å². The van der Waals surface area contributed by atoms with Crippen molar-refractivity contribution in [3.63, 3.8) is 0 Å². The first-order valence-corrected chi connectivity index (χ1v) is 6.37. The van der Waals surface area contributed by atoms with E-state index in [2.05, 4.69) is 15.5 Å². The summed E-state index contributed by atoms with van der Waals surface area (Å²) in [5, 5.41) is 14.1. The van der Waals surface area contributed by atoms with Crippen LogP contribution in [0.4, 0.5) is 0 Å². The summed E-state index contributed by atoms with van der Waals surface area (Å²) < 4.78 is 0. The molecule has 7 heteroatoms. The lowest BCUT2D eigenvalue weighted by molar-refractivity contribution is -0.119. The number of oxime groups is 1. The summed E-state index contributed by atoms with van der Waals surface area (Å²) in [5.74, 6) is 0.280. The number of nitrogens with two attached hydrogens (primary N) is 1. The molecule has 1 rings (SSSR count). The third-order valence-electron chi connectivity index (χ3n) is 1.93. The van der Waals surface area contributed by atoms with E-state index in [4.69, 9.17) is 10.9 Å². The molecular formula is C11H16N4O2S. The highest BCUT2D eigenvalue weighted by Gasteiger charge is 2.05. The van der Waals surface area contributed by atoms with Crippen LogP contribution in [0.2, 0.25) is 0 Å². The number of carbonyl (C=O) groups is 1. The van der Waals surface area contributed by atoms with Gasteiger partial charge >= 0.3 is 0 Å². The number of thioether (sulfide) groups is 1. The lowest BCUT2D eigenvalue weighted by Crippen LogP contribution is -2.31. The van der Waals surface area contributed by atoms with Gasteiger partial charge in [0, 0.05) is 17.1 Å². The van der Waals surface area contributed by atoms with E-state index in [-0.39, 0.29) is 17.8 Å². The van der Waals surface area contributed by atoms with Gasteiger partial charge in [0.2, 0.25) is 5.91 Å². The van der Waals surface area contributed by atoms with Crippen LogP contribution in [0.5, 0.6) is 0 Å². The maximum absolute atomic E-state index is 11.4. The zero-order valence-corrected chi connectivity index (χ0v) is 11.1. The molecule has 4 N–H and O–H groups in total. The molecule has 0 aromatic carbocycles. The number of pyridine rings is 1. The predicted molar refractivity (Wildman–Crippen MR) is 70.8 cm³/mol. The maximum Gasteiger partial charge on any atom is 0.230 e. The highest BCUT2D eigenvalue weighted by molar-refractivity contribution is 8.00. The summed E-state index contributed by atoms with van der Waals surface area (Å²) in [6, 6.07) is 3.55. The molecule has 0 bridgehead atoms. The number of hydrogen-bond acceptors (Lipinski definition) is 5. The van der Waals surface area contributed by atoms with Gasteiger partial charge in [-0.2, -0.15) is 0 Å². The number of amidine groups is 1. The summed E-state index contributed by atoms with van der Waals surface area (Å²) in [5.41, 5.74) is 5.78. The van der Waals surface area contributed by atoms with Gasteiger partial charge in [-0.05, 0) is 26.0 Å². The quantitative estimate of drug-likeness (QED) is 0.241. The minimum Gasteiger partial charge on any atom is -0.409 e. The highest BCUT2D eigenvalue weighted by atomic mass is 32.2. The molecule has 0 saturated heterocycles. The van der Waals surface area contributed by atoms with Crippen LogP contribution in [0.15, 0.2) is 28.4 Å². The van der Waals surface area contributed by atoms with E-state index >= 15 is 0 Å². The highest BCUT2D eigenvalue weighted by Crippen LogP contribution is 2.16. The van der Waals surface area contributed by atoms with Crippen LogP contribution in [-0.4, -0.2) is 33.7 Å². The molecule has 18 heavy (non-hydrogen) atoms. The molecule has 0 aliphatic carbocycles. The van der Waals surface area contributed by atoms with Gasteiger partial charge in [0.05, 0.1) is 5.75 Å². The molecule has 0 radical (unpaired) electrons. The van der Waals surface area contributed by atoms with Crippen LogP contribution in [0.25, 0.3) is 0 Å². The number of rotatable bonds is 5. The molecular weight excluding hydrogens is 252 g/mol. The minimum atomic E-state index is -0.0379. The Morgan fingerprint density at radius 1 is 1.61 bits per heavy atom. The Hall–Kier alpha value is -1.76. The van der Waals surface area contributed by atoms with E-state index < -0.39 is 0 Å². The molecule has 0 unspecified atom stereocenters. The van der Waals surface area contributed by atoms with Crippen molar-refractivity contribution in [2.24, 2.45) is 10.9 Å². The second-order valence-electron chi connectivity index (χ2n) is 3.88. The molecule has 98 valence electrons. The number of aromatic nitrogens is 1. The summed E-state index contributed by atoms with van der Waals surface area (Å²) >= 11 is 1.38. The van der Waals surface area contributed by atoms with Crippen molar-refractivity contribution >= 4 is 23.5 Å². The molecule has 0 spiro atoms. The Bertz CT molecular complexity index is 431. The van der Waals surface area contributed by atoms with Crippen LogP contribution in [0.3, 0.4) is 0 Å². The molecule has 6 nitrogen and oxygen atoms in total. The van der Waals surface area contributed by atoms with Gasteiger partial charge in [0.25, 0.3) is 0 Å².